The van der Waals surface area contributed by atoms with Crippen LogP contribution in [0.3, 0.4) is 0 Å². The molecule has 1 aromatic carbocycles. The van der Waals surface area contributed by atoms with Gasteiger partial charge in [-0.2, -0.15) is 5.26 Å². The van der Waals surface area contributed by atoms with Gasteiger partial charge in [-0.1, -0.05) is 6.07 Å². The molecule has 2 aromatic rings. The number of anilines is 2. The highest BCUT2D eigenvalue weighted by Crippen LogP contribution is 2.61. The molecule has 0 radical (unpaired) electrons. The van der Waals surface area contributed by atoms with Crippen molar-refractivity contribution in [3.63, 3.8) is 0 Å². The lowest BCUT2D eigenvalue weighted by Gasteiger charge is -2.42. The zero-order chi connectivity index (χ0) is 16.9. The van der Waals surface area contributed by atoms with Gasteiger partial charge < -0.3 is 0 Å². The number of hydrogen-bond donors (Lipinski definition) is 2. The number of aromatic nitrogens is 1. The predicted molar refractivity (Wildman–Crippen MR) is 95.7 cm³/mol. The molecule has 6 nitrogen and oxygen atoms in total. The van der Waals surface area contributed by atoms with E-state index < -0.39 is 11.0 Å². The number of nitriles is 1. The first-order valence-corrected chi connectivity index (χ1v) is 9.27. The molecular formula is C17H18N4O2S. The van der Waals surface area contributed by atoms with E-state index in [2.05, 4.69) is 11.1 Å². The Morgan fingerprint density at radius 3 is 2.79 bits per heavy atom. The fourth-order valence-electron chi connectivity index (χ4n) is 3.02. The van der Waals surface area contributed by atoms with Crippen LogP contribution >= 0.6 is 11.0 Å². The van der Waals surface area contributed by atoms with Gasteiger partial charge in [0.25, 0.3) is 0 Å². The van der Waals surface area contributed by atoms with Crippen molar-refractivity contribution in [1.82, 2.24) is 4.98 Å². The second-order valence-corrected chi connectivity index (χ2v) is 8.20. The molecule has 1 saturated carbocycles. The zero-order valence-corrected chi connectivity index (χ0v) is 14.1. The van der Waals surface area contributed by atoms with E-state index in [1.165, 1.54) is 4.31 Å². The normalized spacial score (nSPS) is 19.8. The summed E-state index contributed by atoms with van der Waals surface area (Å²) in [7, 11) is -1.31. The van der Waals surface area contributed by atoms with Gasteiger partial charge in [0.1, 0.15) is 0 Å². The molecule has 1 fully saturated rings. The van der Waals surface area contributed by atoms with E-state index in [1.807, 2.05) is 18.2 Å². The largest absolute Gasteiger partial charge is 0.264 e. The summed E-state index contributed by atoms with van der Waals surface area (Å²) in [6.07, 6.45) is 5.54. The summed E-state index contributed by atoms with van der Waals surface area (Å²) < 4.78 is 24.5. The summed E-state index contributed by atoms with van der Waals surface area (Å²) in [6, 6.07) is 9.56. The third-order valence-corrected chi connectivity index (χ3v) is 6.49. The van der Waals surface area contributed by atoms with Gasteiger partial charge in [-0.3, -0.25) is 22.7 Å². The van der Waals surface area contributed by atoms with Crippen molar-refractivity contribution in [1.29, 1.82) is 5.26 Å². The van der Waals surface area contributed by atoms with Gasteiger partial charge in [0.15, 0.2) is 0 Å². The van der Waals surface area contributed by atoms with Gasteiger partial charge in [-0.15, -0.1) is 0 Å². The molecule has 1 aromatic heterocycles. The Morgan fingerprint density at radius 2 is 2.08 bits per heavy atom. The molecular weight excluding hydrogens is 324 g/mol. The van der Waals surface area contributed by atoms with Crippen LogP contribution in [0, 0.1) is 17.2 Å². The summed E-state index contributed by atoms with van der Waals surface area (Å²) in [5.74, 6) is 0.540. The topological polar surface area (TPSA) is 83.6 Å². The molecule has 2 N–H and O–H groups in total. The molecule has 7 heteroatoms. The van der Waals surface area contributed by atoms with Crippen LogP contribution in [-0.2, 0) is 0 Å². The Bertz CT molecular complexity index is 845. The van der Waals surface area contributed by atoms with Crippen LogP contribution in [-0.4, -0.2) is 27.7 Å². The molecule has 24 heavy (non-hydrogen) atoms. The van der Waals surface area contributed by atoms with Crippen molar-refractivity contribution >= 4 is 22.3 Å². The summed E-state index contributed by atoms with van der Waals surface area (Å²) in [6.45, 7) is 0.662. The summed E-state index contributed by atoms with van der Waals surface area (Å²) in [5.41, 5.74) is 3.73. The lowest BCUT2D eigenvalue weighted by Crippen LogP contribution is -2.32. The van der Waals surface area contributed by atoms with E-state index in [0.29, 0.717) is 18.0 Å². The molecule has 0 spiro atoms. The lowest BCUT2D eigenvalue weighted by atomic mass is 10.0. The maximum absolute atomic E-state index is 10.6. The Hall–Kier alpha value is -2.27. The molecule has 4 rings (SSSR count). The second kappa shape index (κ2) is 5.38. The van der Waals surface area contributed by atoms with Crippen molar-refractivity contribution in [3.8, 4) is 17.2 Å². The van der Waals surface area contributed by atoms with Crippen LogP contribution < -0.4 is 8.61 Å². The molecule has 124 valence electrons. The fraction of sp³-hybridized carbons (Fsp3) is 0.294. The van der Waals surface area contributed by atoms with E-state index in [4.69, 9.17) is 0 Å². The maximum Gasteiger partial charge on any atom is 0.0999 e. The van der Waals surface area contributed by atoms with Crippen molar-refractivity contribution in [2.75, 3.05) is 22.2 Å². The molecule has 0 atom stereocenters. The quantitative estimate of drug-likeness (QED) is 0.881. The number of fused-ring (bicyclic) bond motifs is 1. The second-order valence-electron chi connectivity index (χ2n) is 6.23. The van der Waals surface area contributed by atoms with Gasteiger partial charge in [0, 0.05) is 31.5 Å². The third-order valence-electron chi connectivity index (χ3n) is 4.62. The minimum Gasteiger partial charge on any atom is -0.264 e. The van der Waals surface area contributed by atoms with Crippen molar-refractivity contribution < 1.29 is 9.11 Å². The molecule has 1 aliphatic heterocycles. The molecule has 0 unspecified atom stereocenters. The van der Waals surface area contributed by atoms with Crippen LogP contribution in [0.1, 0.15) is 18.4 Å². The van der Waals surface area contributed by atoms with Crippen molar-refractivity contribution in [3.05, 3.63) is 42.2 Å². The molecule has 0 amide bonds. The van der Waals surface area contributed by atoms with E-state index in [0.717, 1.165) is 35.3 Å². The Kier molecular flexibility index (Phi) is 3.42. The van der Waals surface area contributed by atoms with Crippen LogP contribution in [0.4, 0.5) is 11.4 Å². The first-order valence-electron chi connectivity index (χ1n) is 7.80. The van der Waals surface area contributed by atoms with Gasteiger partial charge in [-0.25, -0.2) is 0 Å². The van der Waals surface area contributed by atoms with Gasteiger partial charge in [-0.05, 0) is 53.5 Å². The number of rotatable bonds is 3. The monoisotopic (exact) mass is 342 g/mol. The number of nitrogens with zero attached hydrogens (tertiary/aromatic N) is 4. The molecule has 2 heterocycles. The van der Waals surface area contributed by atoms with Crippen LogP contribution in [0.25, 0.3) is 11.1 Å². The highest BCUT2D eigenvalue weighted by molar-refractivity contribution is 8.26. The summed E-state index contributed by atoms with van der Waals surface area (Å²) in [4.78, 5) is 4.10. The average Bonchev–Trinajstić information content (AvgIpc) is 3.39. The van der Waals surface area contributed by atoms with Crippen molar-refractivity contribution in [2.45, 2.75) is 12.8 Å². The van der Waals surface area contributed by atoms with E-state index >= 15 is 0 Å². The molecule has 1 aliphatic carbocycles. The maximum atomic E-state index is 10.6. The zero-order valence-electron chi connectivity index (χ0n) is 13.3. The Morgan fingerprint density at radius 1 is 1.29 bits per heavy atom. The van der Waals surface area contributed by atoms with Crippen LogP contribution in [0.15, 0.2) is 36.7 Å². The smallest absolute Gasteiger partial charge is 0.0999 e. The van der Waals surface area contributed by atoms with Gasteiger partial charge in [0.05, 0.1) is 23.0 Å². The molecule has 2 aliphatic rings. The van der Waals surface area contributed by atoms with Crippen molar-refractivity contribution in [2.24, 2.45) is 5.92 Å². The Balaban J connectivity index is 1.79. The van der Waals surface area contributed by atoms with Crippen LogP contribution in [0.5, 0.6) is 0 Å². The Labute approximate surface area is 142 Å². The highest BCUT2D eigenvalue weighted by atomic mass is 32.3. The van der Waals surface area contributed by atoms with Gasteiger partial charge >= 0.3 is 0 Å². The standard InChI is InChI=1S/C17H18N4O2S/c1-20-17-8-13(15-10-19-7-6-14(15)9-18)4-5-16(17)21(24(20,22)23)11-12-2-3-12/h4-8,10,12,22-23H,2-3,11H2,1H3. The SMILES string of the molecule is CN1c2cc(-c3cnccc3C#N)ccc2N(CC2CC2)S1(O)O. The van der Waals surface area contributed by atoms with E-state index in [9.17, 15) is 14.4 Å². The molecule has 0 saturated heterocycles. The average molecular weight is 342 g/mol. The minimum atomic E-state index is -3.01. The van der Waals surface area contributed by atoms with Gasteiger partial charge in [0.2, 0.25) is 0 Å². The summed E-state index contributed by atoms with van der Waals surface area (Å²) >= 11 is 0. The first-order chi connectivity index (χ1) is 11.5. The van der Waals surface area contributed by atoms with E-state index in [1.54, 1.807) is 29.8 Å². The number of pyridine rings is 1. The predicted octanol–water partition coefficient (Wildman–Crippen LogP) is 3.87. The highest BCUT2D eigenvalue weighted by Gasteiger charge is 2.41. The minimum absolute atomic E-state index is 0.540. The number of benzene rings is 1. The van der Waals surface area contributed by atoms with Crippen LogP contribution in [0.2, 0.25) is 0 Å². The third kappa shape index (κ3) is 2.31. The molecule has 0 bridgehead atoms. The summed E-state index contributed by atoms with van der Waals surface area (Å²) in [5, 5.41) is 9.28. The number of hydrogen-bond acceptors (Lipinski definition) is 6. The lowest BCUT2D eigenvalue weighted by molar-refractivity contribution is 0.481. The fourth-order valence-corrected chi connectivity index (χ4v) is 4.56. The first kappa shape index (κ1) is 15.3. The van der Waals surface area contributed by atoms with E-state index in [-0.39, 0.29) is 0 Å².